The summed E-state index contributed by atoms with van der Waals surface area (Å²) < 4.78 is 15.2. The zero-order chi connectivity index (χ0) is 20.9. The molecule has 150 valence electrons. The maximum Gasteiger partial charge on any atom is 0.273 e. The third kappa shape index (κ3) is 4.29. The van der Waals surface area contributed by atoms with Crippen molar-refractivity contribution in [2.24, 2.45) is 5.10 Å². The van der Waals surface area contributed by atoms with E-state index >= 15 is 0 Å². The van der Waals surface area contributed by atoms with E-state index in [1.807, 2.05) is 41.1 Å². The predicted molar refractivity (Wildman–Crippen MR) is 115 cm³/mol. The second kappa shape index (κ2) is 8.71. The Morgan fingerprint density at radius 1 is 1.03 bits per heavy atom. The van der Waals surface area contributed by atoms with Gasteiger partial charge in [-0.05, 0) is 29.3 Å². The lowest BCUT2D eigenvalue weighted by Crippen LogP contribution is -2.25. The number of para-hydroxylation sites is 1. The van der Waals surface area contributed by atoms with Crippen molar-refractivity contribution in [2.45, 2.75) is 12.6 Å². The molecule has 4 aromatic rings. The number of nitrogens with one attached hydrogen (secondary N) is 1. The molecule has 1 unspecified atom stereocenters. The highest BCUT2D eigenvalue weighted by atomic mass is 19.1. The van der Waals surface area contributed by atoms with Crippen molar-refractivity contribution in [3.63, 3.8) is 0 Å². The van der Waals surface area contributed by atoms with Gasteiger partial charge in [-0.2, -0.15) is 5.10 Å². The monoisotopic (exact) mass is 401 g/mol. The number of aromatic nitrogens is 1. The van der Waals surface area contributed by atoms with Crippen LogP contribution in [0.2, 0.25) is 0 Å². The molecule has 6 heteroatoms. The molecule has 1 aromatic heterocycles. The molecule has 0 aliphatic carbocycles. The first-order valence-electron chi connectivity index (χ1n) is 9.50. The largest absolute Gasteiger partial charge is 0.378 e. The molecule has 0 spiro atoms. The molecule has 3 aromatic carbocycles. The number of hydrazone groups is 1. The summed E-state index contributed by atoms with van der Waals surface area (Å²) in [5.74, 6) is -0.870. The topological polar surface area (TPSA) is 66.6 Å². The van der Waals surface area contributed by atoms with Crippen molar-refractivity contribution in [2.75, 3.05) is 0 Å². The number of benzene rings is 3. The fraction of sp³-hybridized carbons (Fsp3) is 0.0833. The van der Waals surface area contributed by atoms with Crippen LogP contribution in [0.15, 0.2) is 90.2 Å². The summed E-state index contributed by atoms with van der Waals surface area (Å²) in [7, 11) is 0. The summed E-state index contributed by atoms with van der Waals surface area (Å²) in [4.78, 5) is 12.2. The molecule has 0 aliphatic rings. The van der Waals surface area contributed by atoms with E-state index in [4.69, 9.17) is 0 Å². The maximum absolute atomic E-state index is 13.2. The zero-order valence-corrected chi connectivity index (χ0v) is 16.1. The van der Waals surface area contributed by atoms with Crippen LogP contribution in [0.4, 0.5) is 4.39 Å². The van der Waals surface area contributed by atoms with Crippen LogP contribution in [0.5, 0.6) is 0 Å². The summed E-state index contributed by atoms with van der Waals surface area (Å²) in [6, 6.07) is 22.9. The average Bonchev–Trinajstić information content (AvgIpc) is 3.13. The van der Waals surface area contributed by atoms with Gasteiger partial charge in [-0.25, -0.2) is 9.82 Å². The minimum Gasteiger partial charge on any atom is -0.378 e. The molecular weight excluding hydrogens is 381 g/mol. The van der Waals surface area contributed by atoms with Crippen LogP contribution in [0.1, 0.15) is 22.8 Å². The third-order valence-corrected chi connectivity index (χ3v) is 4.83. The van der Waals surface area contributed by atoms with E-state index in [-0.39, 0.29) is 5.82 Å². The van der Waals surface area contributed by atoms with Crippen LogP contribution in [0.3, 0.4) is 0 Å². The first-order chi connectivity index (χ1) is 14.6. The number of rotatable bonds is 6. The lowest BCUT2D eigenvalue weighted by Gasteiger charge is -2.08. The van der Waals surface area contributed by atoms with Crippen LogP contribution < -0.4 is 5.43 Å². The SMILES string of the molecule is O=C(NN=Cc1cn(Cc2ccc(F)cc2)c2ccccc12)C(O)c1ccccc1. The molecule has 1 heterocycles. The highest BCUT2D eigenvalue weighted by molar-refractivity contribution is 5.99. The van der Waals surface area contributed by atoms with E-state index in [1.54, 1.807) is 42.6 Å². The number of aliphatic hydroxyl groups is 1. The summed E-state index contributed by atoms with van der Waals surface area (Å²) in [6.07, 6.45) is 2.19. The lowest BCUT2D eigenvalue weighted by molar-refractivity contribution is -0.129. The van der Waals surface area contributed by atoms with E-state index in [9.17, 15) is 14.3 Å². The molecule has 0 radical (unpaired) electrons. The summed E-state index contributed by atoms with van der Waals surface area (Å²) in [5, 5.41) is 15.1. The Bertz CT molecular complexity index is 1180. The number of halogens is 1. The first kappa shape index (κ1) is 19.5. The van der Waals surface area contributed by atoms with Crippen LogP contribution in [0, 0.1) is 5.82 Å². The number of fused-ring (bicyclic) bond motifs is 1. The molecule has 30 heavy (non-hydrogen) atoms. The Hall–Kier alpha value is -3.77. The zero-order valence-electron chi connectivity index (χ0n) is 16.1. The van der Waals surface area contributed by atoms with Gasteiger partial charge in [0.2, 0.25) is 0 Å². The standard InChI is InChI=1S/C24H20FN3O2/c25-20-12-10-17(11-13-20)15-28-16-19(21-8-4-5-9-22(21)28)14-26-27-24(30)23(29)18-6-2-1-3-7-18/h1-14,16,23,29H,15H2,(H,27,30). The second-order valence-electron chi connectivity index (χ2n) is 6.90. The number of hydrogen-bond donors (Lipinski definition) is 2. The molecule has 0 aliphatic heterocycles. The fourth-order valence-corrected chi connectivity index (χ4v) is 3.31. The van der Waals surface area contributed by atoms with Gasteiger partial charge in [0.25, 0.3) is 5.91 Å². The number of nitrogens with zero attached hydrogens (tertiary/aromatic N) is 2. The third-order valence-electron chi connectivity index (χ3n) is 4.83. The fourth-order valence-electron chi connectivity index (χ4n) is 3.31. The summed E-state index contributed by atoms with van der Waals surface area (Å²) in [6.45, 7) is 0.577. The number of hydrogen-bond acceptors (Lipinski definition) is 3. The smallest absolute Gasteiger partial charge is 0.273 e. The Kier molecular flexibility index (Phi) is 5.68. The van der Waals surface area contributed by atoms with Crippen molar-refractivity contribution in [3.8, 4) is 0 Å². The van der Waals surface area contributed by atoms with Crippen molar-refractivity contribution < 1.29 is 14.3 Å². The molecular formula is C24H20FN3O2. The van der Waals surface area contributed by atoms with Crippen LogP contribution in [0.25, 0.3) is 10.9 Å². The van der Waals surface area contributed by atoms with Gasteiger partial charge in [-0.3, -0.25) is 4.79 Å². The number of carbonyl (C=O) groups is 1. The minimum atomic E-state index is -1.29. The first-order valence-corrected chi connectivity index (χ1v) is 9.50. The van der Waals surface area contributed by atoms with Gasteiger partial charge >= 0.3 is 0 Å². The summed E-state index contributed by atoms with van der Waals surface area (Å²) >= 11 is 0. The molecule has 0 saturated carbocycles. The van der Waals surface area contributed by atoms with E-state index in [2.05, 4.69) is 10.5 Å². The quantitative estimate of drug-likeness (QED) is 0.379. The van der Waals surface area contributed by atoms with Crippen LogP contribution >= 0.6 is 0 Å². The average molecular weight is 401 g/mol. The maximum atomic E-state index is 13.2. The van der Waals surface area contributed by atoms with Crippen molar-refractivity contribution in [1.82, 2.24) is 9.99 Å². The van der Waals surface area contributed by atoms with Crippen molar-refractivity contribution in [1.29, 1.82) is 0 Å². The van der Waals surface area contributed by atoms with E-state index < -0.39 is 12.0 Å². The van der Waals surface area contributed by atoms with Crippen molar-refractivity contribution >= 4 is 23.0 Å². The molecule has 1 atom stereocenters. The Labute approximate surface area is 173 Å². The van der Waals surface area contributed by atoms with Gasteiger partial charge in [0, 0.05) is 29.2 Å². The van der Waals surface area contributed by atoms with Gasteiger partial charge in [-0.1, -0.05) is 60.7 Å². The number of carbonyl (C=O) groups excluding carboxylic acids is 1. The highest BCUT2D eigenvalue weighted by Gasteiger charge is 2.16. The molecule has 0 fully saturated rings. The Morgan fingerprint density at radius 3 is 2.50 bits per heavy atom. The minimum absolute atomic E-state index is 0.266. The Morgan fingerprint density at radius 2 is 1.73 bits per heavy atom. The molecule has 2 N–H and O–H groups in total. The Balaban J connectivity index is 1.52. The van der Waals surface area contributed by atoms with Crippen LogP contribution in [-0.2, 0) is 11.3 Å². The molecule has 0 saturated heterocycles. The summed E-state index contributed by atoms with van der Waals surface area (Å²) in [5.41, 5.74) is 5.68. The van der Waals surface area contributed by atoms with Gasteiger partial charge < -0.3 is 9.67 Å². The normalized spacial score (nSPS) is 12.3. The number of aliphatic hydroxyl groups excluding tert-OH is 1. The van der Waals surface area contributed by atoms with Gasteiger partial charge in [0.15, 0.2) is 6.10 Å². The van der Waals surface area contributed by atoms with E-state index in [1.165, 1.54) is 12.1 Å². The van der Waals surface area contributed by atoms with E-state index in [0.29, 0.717) is 12.1 Å². The molecule has 5 nitrogen and oxygen atoms in total. The molecule has 0 bridgehead atoms. The highest BCUT2D eigenvalue weighted by Crippen LogP contribution is 2.21. The number of amides is 1. The van der Waals surface area contributed by atoms with Gasteiger partial charge in [0.05, 0.1) is 6.21 Å². The van der Waals surface area contributed by atoms with Crippen LogP contribution in [-0.4, -0.2) is 21.8 Å². The van der Waals surface area contributed by atoms with Gasteiger partial charge in [-0.15, -0.1) is 0 Å². The van der Waals surface area contributed by atoms with Crippen molar-refractivity contribution in [3.05, 3.63) is 108 Å². The molecule has 4 rings (SSSR count). The molecule has 1 amide bonds. The van der Waals surface area contributed by atoms with E-state index in [0.717, 1.165) is 22.0 Å². The predicted octanol–water partition coefficient (Wildman–Crippen LogP) is 4.01. The lowest BCUT2D eigenvalue weighted by atomic mass is 10.1. The second-order valence-corrected chi connectivity index (χ2v) is 6.90. The van der Waals surface area contributed by atoms with Gasteiger partial charge in [0.1, 0.15) is 5.82 Å².